The van der Waals surface area contributed by atoms with Crippen molar-refractivity contribution in [2.24, 2.45) is 0 Å². The maximum atomic E-state index is 12.2. The molecule has 0 fully saturated rings. The van der Waals surface area contributed by atoms with Crippen molar-refractivity contribution < 1.29 is 13.6 Å². The van der Waals surface area contributed by atoms with Crippen molar-refractivity contribution >= 4 is 22.6 Å². The molecule has 0 aliphatic rings. The summed E-state index contributed by atoms with van der Waals surface area (Å²) in [4.78, 5) is 12.2. The first-order valence-electron chi connectivity index (χ1n) is 7.36. The first-order chi connectivity index (χ1) is 12.1. The lowest BCUT2D eigenvalue weighted by Gasteiger charge is -2.02. The Labute approximate surface area is 146 Å². The van der Waals surface area contributed by atoms with Crippen molar-refractivity contribution in [1.82, 2.24) is 10.2 Å². The third-order valence-electron chi connectivity index (χ3n) is 3.69. The molecule has 0 N–H and O–H groups in total. The molecule has 7 heteroatoms. The van der Waals surface area contributed by atoms with Gasteiger partial charge in [-0.15, -0.1) is 10.2 Å². The predicted octanol–water partition coefficient (Wildman–Crippen LogP) is 4.17. The van der Waals surface area contributed by atoms with Gasteiger partial charge in [0.25, 0.3) is 5.89 Å². The maximum Gasteiger partial charge on any atom is 0.349 e. The summed E-state index contributed by atoms with van der Waals surface area (Å²) in [5.41, 5.74) is 0.791. The first kappa shape index (κ1) is 15.4. The van der Waals surface area contributed by atoms with Gasteiger partial charge in [0, 0.05) is 16.0 Å². The molecule has 0 saturated carbocycles. The molecule has 0 aliphatic heterocycles. The SMILES string of the molecule is COc1ccc2oc(=O)c(-c3nnc(-c4ccc(Cl)cc4)o3)cc2c1. The topological polar surface area (TPSA) is 78.4 Å². The molecule has 2 aromatic heterocycles. The van der Waals surface area contributed by atoms with E-state index in [1.165, 1.54) is 0 Å². The Morgan fingerprint density at radius 2 is 1.72 bits per heavy atom. The second kappa shape index (κ2) is 6.07. The van der Waals surface area contributed by atoms with Gasteiger partial charge in [-0.3, -0.25) is 0 Å². The fourth-order valence-electron chi connectivity index (χ4n) is 2.42. The van der Waals surface area contributed by atoms with Gasteiger partial charge >= 0.3 is 5.63 Å². The van der Waals surface area contributed by atoms with Crippen LogP contribution in [0.4, 0.5) is 0 Å². The first-order valence-corrected chi connectivity index (χ1v) is 7.73. The molecule has 6 nitrogen and oxygen atoms in total. The van der Waals surface area contributed by atoms with E-state index in [0.717, 1.165) is 0 Å². The van der Waals surface area contributed by atoms with E-state index >= 15 is 0 Å². The van der Waals surface area contributed by atoms with Crippen LogP contribution in [0.1, 0.15) is 0 Å². The molecule has 0 atom stereocenters. The van der Waals surface area contributed by atoms with Gasteiger partial charge in [-0.1, -0.05) is 11.6 Å². The number of ether oxygens (including phenoxy) is 1. The highest BCUT2D eigenvalue weighted by Crippen LogP contribution is 2.26. The van der Waals surface area contributed by atoms with Crippen LogP contribution in [0.5, 0.6) is 5.75 Å². The molecule has 0 aliphatic carbocycles. The van der Waals surface area contributed by atoms with Crippen LogP contribution in [0.25, 0.3) is 33.9 Å². The Hall–Kier alpha value is -3.12. The number of benzene rings is 2. The van der Waals surface area contributed by atoms with E-state index in [-0.39, 0.29) is 17.3 Å². The second-order valence-electron chi connectivity index (χ2n) is 5.27. The largest absolute Gasteiger partial charge is 0.497 e. The Morgan fingerprint density at radius 1 is 0.960 bits per heavy atom. The van der Waals surface area contributed by atoms with E-state index in [4.69, 9.17) is 25.2 Å². The number of halogens is 1. The van der Waals surface area contributed by atoms with Gasteiger partial charge in [0.05, 0.1) is 7.11 Å². The highest BCUT2D eigenvalue weighted by Gasteiger charge is 2.16. The van der Waals surface area contributed by atoms with E-state index in [9.17, 15) is 4.79 Å². The van der Waals surface area contributed by atoms with Crippen molar-refractivity contribution in [2.75, 3.05) is 7.11 Å². The summed E-state index contributed by atoms with van der Waals surface area (Å²) in [6.07, 6.45) is 0. The normalized spacial score (nSPS) is 11.0. The average Bonchev–Trinajstić information content (AvgIpc) is 3.11. The van der Waals surface area contributed by atoms with Crippen LogP contribution in [0.15, 0.2) is 62.2 Å². The third-order valence-corrected chi connectivity index (χ3v) is 3.94. The van der Waals surface area contributed by atoms with E-state index in [2.05, 4.69) is 10.2 Å². The minimum atomic E-state index is -0.552. The molecule has 0 saturated heterocycles. The molecule has 0 radical (unpaired) electrons. The summed E-state index contributed by atoms with van der Waals surface area (Å²) >= 11 is 5.87. The zero-order valence-corrected chi connectivity index (χ0v) is 13.8. The lowest BCUT2D eigenvalue weighted by molar-refractivity contribution is 0.415. The van der Waals surface area contributed by atoms with Crippen LogP contribution in [-0.2, 0) is 0 Å². The van der Waals surface area contributed by atoms with Crippen molar-refractivity contribution in [1.29, 1.82) is 0 Å². The number of rotatable bonds is 3. The monoisotopic (exact) mass is 354 g/mol. The predicted molar refractivity (Wildman–Crippen MR) is 92.8 cm³/mol. The standard InChI is InChI=1S/C18H11ClN2O4/c1-23-13-6-7-15-11(8-13)9-14(18(22)24-15)17-21-20-16(25-17)10-2-4-12(19)5-3-10/h2-9H,1H3. The highest BCUT2D eigenvalue weighted by atomic mass is 35.5. The summed E-state index contributed by atoms with van der Waals surface area (Å²) in [6, 6.07) is 13.7. The van der Waals surface area contributed by atoms with Crippen LogP contribution >= 0.6 is 11.6 Å². The Balaban J connectivity index is 1.80. The van der Waals surface area contributed by atoms with Crippen molar-refractivity contribution in [2.45, 2.75) is 0 Å². The van der Waals surface area contributed by atoms with Crippen molar-refractivity contribution in [3.05, 3.63) is 64.0 Å². The summed E-state index contributed by atoms with van der Waals surface area (Å²) in [7, 11) is 1.57. The Kier molecular flexibility index (Phi) is 3.74. The molecule has 2 aromatic carbocycles. The minimum Gasteiger partial charge on any atom is -0.497 e. The van der Waals surface area contributed by atoms with E-state index in [0.29, 0.717) is 27.3 Å². The van der Waals surface area contributed by atoms with Gasteiger partial charge in [0.2, 0.25) is 5.89 Å². The van der Waals surface area contributed by atoms with E-state index in [1.807, 2.05) is 0 Å². The zero-order chi connectivity index (χ0) is 17.4. The van der Waals surface area contributed by atoms with Gasteiger partial charge in [-0.25, -0.2) is 4.79 Å². The molecule has 4 aromatic rings. The Bertz CT molecular complexity index is 1120. The van der Waals surface area contributed by atoms with Gasteiger partial charge in [-0.05, 0) is 48.5 Å². The molecular formula is C18H11ClN2O4. The summed E-state index contributed by atoms with van der Waals surface area (Å²) in [6.45, 7) is 0. The number of fused-ring (bicyclic) bond motifs is 1. The number of methoxy groups -OCH3 is 1. The van der Waals surface area contributed by atoms with Crippen molar-refractivity contribution in [3.63, 3.8) is 0 Å². The smallest absolute Gasteiger partial charge is 0.349 e. The molecule has 25 heavy (non-hydrogen) atoms. The molecule has 0 spiro atoms. The molecule has 124 valence electrons. The van der Waals surface area contributed by atoms with Gasteiger partial charge in [0.1, 0.15) is 16.9 Å². The molecule has 4 rings (SSSR count). The molecular weight excluding hydrogens is 344 g/mol. The van der Waals surface area contributed by atoms with Crippen LogP contribution in [-0.4, -0.2) is 17.3 Å². The average molecular weight is 355 g/mol. The van der Waals surface area contributed by atoms with Gasteiger partial charge in [0.15, 0.2) is 0 Å². The molecule has 0 amide bonds. The van der Waals surface area contributed by atoms with Crippen molar-refractivity contribution in [3.8, 4) is 28.7 Å². The van der Waals surface area contributed by atoms with Crippen LogP contribution in [0.3, 0.4) is 0 Å². The third kappa shape index (κ3) is 2.88. The Morgan fingerprint density at radius 3 is 2.48 bits per heavy atom. The lowest BCUT2D eigenvalue weighted by Crippen LogP contribution is -2.02. The second-order valence-corrected chi connectivity index (χ2v) is 5.71. The minimum absolute atomic E-state index is 0.0865. The van der Waals surface area contributed by atoms with Gasteiger partial charge in [-0.2, -0.15) is 0 Å². The highest BCUT2D eigenvalue weighted by molar-refractivity contribution is 6.30. The maximum absolute atomic E-state index is 12.2. The van der Waals surface area contributed by atoms with E-state index < -0.39 is 5.63 Å². The summed E-state index contributed by atoms with van der Waals surface area (Å²) in [5, 5.41) is 9.24. The fraction of sp³-hybridized carbons (Fsp3) is 0.0556. The number of hydrogen-bond donors (Lipinski definition) is 0. The molecule has 0 bridgehead atoms. The number of aromatic nitrogens is 2. The lowest BCUT2D eigenvalue weighted by atomic mass is 10.2. The summed E-state index contributed by atoms with van der Waals surface area (Å²) < 4.78 is 16.1. The van der Waals surface area contributed by atoms with Crippen LogP contribution < -0.4 is 10.4 Å². The molecule has 0 unspecified atom stereocenters. The summed E-state index contributed by atoms with van der Waals surface area (Å²) in [5.74, 6) is 1.03. The number of hydrogen-bond acceptors (Lipinski definition) is 6. The molecule has 2 heterocycles. The van der Waals surface area contributed by atoms with Gasteiger partial charge < -0.3 is 13.6 Å². The van der Waals surface area contributed by atoms with Crippen LogP contribution in [0, 0.1) is 0 Å². The fourth-order valence-corrected chi connectivity index (χ4v) is 2.54. The quantitative estimate of drug-likeness (QED) is 0.514. The van der Waals surface area contributed by atoms with Crippen LogP contribution in [0.2, 0.25) is 5.02 Å². The zero-order valence-electron chi connectivity index (χ0n) is 13.0. The van der Waals surface area contributed by atoms with E-state index in [1.54, 1.807) is 55.6 Å². The number of nitrogens with zero attached hydrogens (tertiary/aromatic N) is 2.